The summed E-state index contributed by atoms with van der Waals surface area (Å²) in [6.07, 6.45) is 0. The van der Waals surface area contributed by atoms with Crippen LogP contribution in [-0.4, -0.2) is 0 Å². The predicted octanol–water partition coefficient (Wildman–Crippen LogP) is 4.86. The van der Waals surface area contributed by atoms with E-state index in [0.29, 0.717) is 0 Å². The summed E-state index contributed by atoms with van der Waals surface area (Å²) in [5.74, 6) is 0. The summed E-state index contributed by atoms with van der Waals surface area (Å²) < 4.78 is 0. The highest BCUT2D eigenvalue weighted by Crippen LogP contribution is 2.36. The van der Waals surface area contributed by atoms with Gasteiger partial charge in [0.1, 0.15) is 0 Å². The number of rotatable bonds is 3. The second kappa shape index (κ2) is 6.38. The highest BCUT2D eigenvalue weighted by Gasteiger charge is 2.35. The molecule has 1 nitrogen and oxygen atoms in total. The molecule has 0 amide bonds. The Labute approximate surface area is 126 Å². The Bertz CT molecular complexity index is 563. The highest BCUT2D eigenvalue weighted by molar-refractivity contribution is 5.46. The van der Waals surface area contributed by atoms with Crippen LogP contribution in [0.4, 0.5) is 0 Å². The van der Waals surface area contributed by atoms with Crippen molar-refractivity contribution in [3.8, 4) is 0 Å². The maximum atomic E-state index is 13.7. The number of hydrogen-bond donors (Lipinski definition) is 0. The third-order valence-corrected chi connectivity index (χ3v) is 3.54. The molecule has 0 atom stereocenters. The largest absolute Gasteiger partial charge is 0.214 e. The minimum absolute atomic E-state index is 0. The fraction of sp³-hybridized carbons (Fsp3) is 0.0500. The topological polar surface area (TPSA) is 19.9 Å². The summed E-state index contributed by atoms with van der Waals surface area (Å²) in [6.45, 7) is 0. The smallest absolute Gasteiger partial charge is 0.179 e. The van der Waals surface area contributed by atoms with Gasteiger partial charge >= 0.3 is 0 Å². The lowest BCUT2D eigenvalue weighted by Gasteiger charge is -2.27. The Morgan fingerprint density at radius 3 is 0.952 bits per heavy atom. The minimum Gasteiger partial charge on any atom is -0.214 e. The lowest BCUT2D eigenvalue weighted by atomic mass is 9.80. The van der Waals surface area contributed by atoms with Crippen LogP contribution in [0, 0.1) is 7.43 Å². The van der Waals surface area contributed by atoms with E-state index in [9.17, 15) is 5.11 Å². The molecule has 1 heteroatoms. The zero-order chi connectivity index (χ0) is 13.8. The van der Waals surface area contributed by atoms with E-state index in [-0.39, 0.29) is 7.43 Å². The van der Waals surface area contributed by atoms with Crippen LogP contribution in [0.2, 0.25) is 0 Å². The van der Waals surface area contributed by atoms with Crippen LogP contribution in [0.25, 0.3) is 0 Å². The van der Waals surface area contributed by atoms with Crippen LogP contribution in [0.15, 0.2) is 91.0 Å². The van der Waals surface area contributed by atoms with E-state index in [4.69, 9.17) is 0 Å². The number of hydrogen-bond acceptors (Lipinski definition) is 0. The summed E-state index contributed by atoms with van der Waals surface area (Å²) in [5, 5.41) is 13.7. The van der Waals surface area contributed by atoms with Gasteiger partial charge < -0.3 is 0 Å². The Morgan fingerprint density at radius 1 is 0.476 bits per heavy atom. The van der Waals surface area contributed by atoms with Gasteiger partial charge in [-0.3, -0.25) is 0 Å². The van der Waals surface area contributed by atoms with Gasteiger partial charge in [-0.1, -0.05) is 98.4 Å². The van der Waals surface area contributed by atoms with Crippen LogP contribution in [0.1, 0.15) is 16.7 Å². The van der Waals surface area contributed by atoms with Crippen molar-refractivity contribution in [1.82, 2.24) is 0 Å². The molecule has 0 saturated carbocycles. The fourth-order valence-electron chi connectivity index (χ4n) is 2.52. The molecular weight excluding hydrogens is 256 g/mol. The molecule has 0 bridgehead atoms. The van der Waals surface area contributed by atoms with E-state index in [1.165, 1.54) is 0 Å². The molecule has 0 fully saturated rings. The highest BCUT2D eigenvalue weighted by atomic mass is 16.3. The predicted molar refractivity (Wildman–Crippen MR) is 86.3 cm³/mol. The van der Waals surface area contributed by atoms with Gasteiger partial charge in [0, 0.05) is 0 Å². The lowest BCUT2D eigenvalue weighted by Crippen LogP contribution is -2.27. The molecule has 3 rings (SSSR count). The molecule has 0 aliphatic carbocycles. The van der Waals surface area contributed by atoms with Crippen LogP contribution in [0.5, 0.6) is 0 Å². The van der Waals surface area contributed by atoms with E-state index in [2.05, 4.69) is 0 Å². The van der Waals surface area contributed by atoms with Crippen molar-refractivity contribution in [2.45, 2.75) is 5.60 Å². The second-order valence-electron chi connectivity index (χ2n) is 4.78. The van der Waals surface area contributed by atoms with Crippen molar-refractivity contribution < 1.29 is 5.11 Å². The summed E-state index contributed by atoms with van der Waals surface area (Å²) in [6, 6.07) is 28.6. The quantitative estimate of drug-likeness (QED) is 0.608. The van der Waals surface area contributed by atoms with Gasteiger partial charge in [0.15, 0.2) is 5.60 Å². The molecule has 0 N–H and O–H groups in total. The molecule has 0 aliphatic heterocycles. The zero-order valence-electron chi connectivity index (χ0n) is 12.1. The first-order valence-corrected chi connectivity index (χ1v) is 6.69. The minimum atomic E-state index is -1.37. The Kier molecular flexibility index (Phi) is 4.56. The summed E-state index contributed by atoms with van der Waals surface area (Å²) in [5.41, 5.74) is 0.913. The van der Waals surface area contributed by atoms with Crippen molar-refractivity contribution in [1.29, 1.82) is 0 Å². The first-order valence-electron chi connectivity index (χ1n) is 6.69. The molecule has 0 aromatic heterocycles. The molecule has 0 spiro atoms. The Morgan fingerprint density at radius 2 is 0.714 bits per heavy atom. The molecule has 0 saturated heterocycles. The Balaban J connectivity index is 0.00000161. The van der Waals surface area contributed by atoms with Crippen molar-refractivity contribution >= 4 is 0 Å². The summed E-state index contributed by atoms with van der Waals surface area (Å²) in [4.78, 5) is 0. The fourth-order valence-corrected chi connectivity index (χ4v) is 2.52. The van der Waals surface area contributed by atoms with Crippen LogP contribution in [0.3, 0.4) is 0 Å². The van der Waals surface area contributed by atoms with Crippen molar-refractivity contribution in [2.75, 3.05) is 0 Å². The molecule has 2 radical (unpaired) electrons. The SMILES string of the molecule is [CH3].[O]C(c1ccccc1)(c1ccccc1)c1ccccc1. The average Bonchev–Trinajstić information content (AvgIpc) is 2.56. The van der Waals surface area contributed by atoms with Gasteiger partial charge in [-0.2, -0.15) is 0 Å². The van der Waals surface area contributed by atoms with Gasteiger partial charge in [-0.25, -0.2) is 5.11 Å². The normalized spacial score (nSPS) is 10.7. The standard InChI is InChI=1S/C19H15O.CH3/c20-19(16-10-4-1-5-11-16,17-12-6-2-7-13-17)18-14-8-3-9-15-18;/h1-15H;1H3. The molecule has 21 heavy (non-hydrogen) atoms. The van der Waals surface area contributed by atoms with E-state index in [0.717, 1.165) is 16.7 Å². The van der Waals surface area contributed by atoms with E-state index in [1.54, 1.807) is 0 Å². The summed E-state index contributed by atoms with van der Waals surface area (Å²) in [7, 11) is 0. The van der Waals surface area contributed by atoms with Crippen molar-refractivity contribution in [3.63, 3.8) is 0 Å². The monoisotopic (exact) mass is 274 g/mol. The molecular formula is C20H18O. The van der Waals surface area contributed by atoms with Gasteiger partial charge in [0.2, 0.25) is 0 Å². The first kappa shape index (κ1) is 15.0. The van der Waals surface area contributed by atoms with Gasteiger partial charge in [0.25, 0.3) is 0 Å². The van der Waals surface area contributed by atoms with E-state index in [1.807, 2.05) is 91.0 Å². The second-order valence-corrected chi connectivity index (χ2v) is 4.78. The number of benzene rings is 3. The lowest BCUT2D eigenvalue weighted by molar-refractivity contribution is 0.0411. The van der Waals surface area contributed by atoms with Gasteiger partial charge in [-0.15, -0.1) is 0 Å². The van der Waals surface area contributed by atoms with Crippen LogP contribution >= 0.6 is 0 Å². The van der Waals surface area contributed by atoms with Crippen molar-refractivity contribution in [3.05, 3.63) is 115 Å². The third kappa shape index (κ3) is 2.74. The van der Waals surface area contributed by atoms with Gasteiger partial charge in [0.05, 0.1) is 0 Å². The maximum Gasteiger partial charge on any atom is 0.179 e. The van der Waals surface area contributed by atoms with Gasteiger partial charge in [-0.05, 0) is 16.7 Å². The van der Waals surface area contributed by atoms with E-state index >= 15 is 0 Å². The third-order valence-electron chi connectivity index (χ3n) is 3.54. The van der Waals surface area contributed by atoms with Crippen LogP contribution in [-0.2, 0) is 10.7 Å². The average molecular weight is 274 g/mol. The molecule has 0 unspecified atom stereocenters. The molecule has 3 aromatic carbocycles. The molecule has 0 heterocycles. The maximum absolute atomic E-state index is 13.7. The molecule has 0 aliphatic rings. The first-order chi connectivity index (χ1) is 9.82. The summed E-state index contributed by atoms with van der Waals surface area (Å²) >= 11 is 0. The van der Waals surface area contributed by atoms with E-state index < -0.39 is 5.60 Å². The molecule has 3 aromatic rings. The Hall–Kier alpha value is -2.38. The van der Waals surface area contributed by atoms with Crippen molar-refractivity contribution in [2.24, 2.45) is 0 Å². The zero-order valence-corrected chi connectivity index (χ0v) is 12.1. The van der Waals surface area contributed by atoms with Crippen LogP contribution < -0.4 is 0 Å². The molecule has 104 valence electrons.